The van der Waals surface area contributed by atoms with Crippen LogP contribution in [0.15, 0.2) is 90.3 Å². The number of rotatable bonds is 9. The summed E-state index contributed by atoms with van der Waals surface area (Å²) in [6, 6.07) is 26.6. The number of nitrogens with one attached hydrogen (secondary N) is 1. The van der Waals surface area contributed by atoms with Crippen molar-refractivity contribution in [2.24, 2.45) is 0 Å². The van der Waals surface area contributed by atoms with Gasteiger partial charge in [-0.05, 0) is 35.4 Å². The number of hydrogen-bond donors (Lipinski definition) is 1. The van der Waals surface area contributed by atoms with Crippen LogP contribution in [0.4, 0.5) is 0 Å². The van der Waals surface area contributed by atoms with E-state index in [0.29, 0.717) is 41.6 Å². The van der Waals surface area contributed by atoms with Crippen LogP contribution in [0.3, 0.4) is 0 Å². The maximum atomic E-state index is 13.3. The maximum absolute atomic E-state index is 13.3. The Bertz CT molecular complexity index is 1220. The third-order valence-corrected chi connectivity index (χ3v) is 6.08. The van der Waals surface area contributed by atoms with E-state index in [4.69, 9.17) is 4.74 Å². The van der Waals surface area contributed by atoms with Gasteiger partial charge in [0.15, 0.2) is 0 Å². The Hall–Kier alpha value is -3.97. The molecule has 0 fully saturated rings. The zero-order valence-electron chi connectivity index (χ0n) is 18.8. The lowest BCUT2D eigenvalue weighted by Gasteiger charge is -2.22. The summed E-state index contributed by atoms with van der Waals surface area (Å²) < 4.78 is 5.20. The maximum Gasteiger partial charge on any atom is 0.271 e. The first-order chi connectivity index (χ1) is 16.6. The molecule has 0 unspecified atom stereocenters. The molecule has 6 nitrogen and oxygen atoms in total. The van der Waals surface area contributed by atoms with Crippen molar-refractivity contribution in [3.63, 3.8) is 0 Å². The summed E-state index contributed by atoms with van der Waals surface area (Å²) >= 11 is 1.37. The molecule has 34 heavy (non-hydrogen) atoms. The second kappa shape index (κ2) is 11.2. The number of methoxy groups -OCH3 is 1. The number of amides is 2. The van der Waals surface area contributed by atoms with E-state index in [1.54, 1.807) is 41.7 Å². The Morgan fingerprint density at radius 1 is 0.882 bits per heavy atom. The standard InChI is InChI=1S/C27H25N3O3S/c1-33-23-14-12-22(13-15-23)27(32)30(17-21-10-6-3-7-11-21)18-25-29-24(19-34-25)26(31)28-16-20-8-4-2-5-9-20/h2-15,19H,16-18H2,1H3,(H,28,31). The van der Waals surface area contributed by atoms with Gasteiger partial charge in [-0.15, -0.1) is 11.3 Å². The molecule has 0 aliphatic carbocycles. The molecule has 1 heterocycles. The van der Waals surface area contributed by atoms with Gasteiger partial charge in [-0.2, -0.15) is 0 Å². The summed E-state index contributed by atoms with van der Waals surface area (Å²) in [6.45, 7) is 1.17. The van der Waals surface area contributed by atoms with Crippen molar-refractivity contribution in [2.45, 2.75) is 19.6 Å². The predicted octanol–water partition coefficient (Wildman–Crippen LogP) is 4.92. The Labute approximate surface area is 202 Å². The fourth-order valence-electron chi connectivity index (χ4n) is 3.44. The molecule has 1 N–H and O–H groups in total. The first-order valence-electron chi connectivity index (χ1n) is 10.9. The minimum absolute atomic E-state index is 0.114. The van der Waals surface area contributed by atoms with E-state index < -0.39 is 0 Å². The predicted molar refractivity (Wildman–Crippen MR) is 133 cm³/mol. The van der Waals surface area contributed by atoms with Crippen LogP contribution in [0, 0.1) is 0 Å². The summed E-state index contributed by atoms with van der Waals surface area (Å²) in [7, 11) is 1.59. The van der Waals surface area contributed by atoms with Crippen molar-refractivity contribution in [2.75, 3.05) is 7.11 Å². The summed E-state index contributed by atoms with van der Waals surface area (Å²) in [4.78, 5) is 32.1. The van der Waals surface area contributed by atoms with Crippen molar-refractivity contribution in [3.05, 3.63) is 118 Å². The second-order valence-corrected chi connectivity index (χ2v) is 8.61. The molecule has 0 aliphatic heterocycles. The number of benzene rings is 3. The van der Waals surface area contributed by atoms with E-state index in [2.05, 4.69) is 10.3 Å². The van der Waals surface area contributed by atoms with Crippen LogP contribution in [-0.2, 0) is 19.6 Å². The largest absolute Gasteiger partial charge is 0.497 e. The topological polar surface area (TPSA) is 71.5 Å². The van der Waals surface area contributed by atoms with Gasteiger partial charge in [-0.3, -0.25) is 9.59 Å². The molecule has 3 aromatic carbocycles. The highest BCUT2D eigenvalue weighted by atomic mass is 32.1. The lowest BCUT2D eigenvalue weighted by molar-refractivity contribution is 0.0730. The third-order valence-electron chi connectivity index (χ3n) is 5.25. The zero-order valence-corrected chi connectivity index (χ0v) is 19.6. The lowest BCUT2D eigenvalue weighted by atomic mass is 10.1. The molecule has 0 saturated heterocycles. The Kier molecular flexibility index (Phi) is 7.67. The van der Waals surface area contributed by atoms with Gasteiger partial charge >= 0.3 is 0 Å². The highest BCUT2D eigenvalue weighted by molar-refractivity contribution is 7.09. The van der Waals surface area contributed by atoms with Gasteiger partial charge in [-0.1, -0.05) is 60.7 Å². The molecule has 4 rings (SSSR count). The van der Waals surface area contributed by atoms with Crippen LogP contribution in [0.2, 0.25) is 0 Å². The summed E-state index contributed by atoms with van der Waals surface area (Å²) in [5, 5.41) is 5.32. The minimum atomic E-state index is -0.234. The highest BCUT2D eigenvalue weighted by Crippen LogP contribution is 2.19. The normalized spacial score (nSPS) is 10.5. The van der Waals surface area contributed by atoms with Crippen molar-refractivity contribution in [3.8, 4) is 5.75 Å². The quantitative estimate of drug-likeness (QED) is 0.376. The minimum Gasteiger partial charge on any atom is -0.497 e. The van der Waals surface area contributed by atoms with Crippen molar-refractivity contribution >= 4 is 23.2 Å². The fourth-order valence-corrected chi connectivity index (χ4v) is 4.23. The molecular formula is C27H25N3O3S. The number of carbonyl (C=O) groups excluding carboxylic acids is 2. The summed E-state index contributed by atoms with van der Waals surface area (Å²) in [6.07, 6.45) is 0. The zero-order chi connectivity index (χ0) is 23.8. The van der Waals surface area contributed by atoms with Gasteiger partial charge in [0.25, 0.3) is 11.8 Å². The van der Waals surface area contributed by atoms with Gasteiger partial charge in [0.2, 0.25) is 0 Å². The molecule has 0 radical (unpaired) electrons. The lowest BCUT2D eigenvalue weighted by Crippen LogP contribution is -2.30. The number of carbonyl (C=O) groups is 2. The van der Waals surface area contributed by atoms with E-state index in [9.17, 15) is 9.59 Å². The molecule has 0 bridgehead atoms. The van der Waals surface area contributed by atoms with E-state index in [1.807, 2.05) is 60.7 Å². The van der Waals surface area contributed by atoms with Crippen molar-refractivity contribution in [1.82, 2.24) is 15.2 Å². The molecule has 0 aliphatic rings. The van der Waals surface area contributed by atoms with Crippen LogP contribution in [-0.4, -0.2) is 28.8 Å². The number of ether oxygens (including phenoxy) is 1. The molecule has 1 aromatic heterocycles. The average Bonchev–Trinajstić information content (AvgIpc) is 3.36. The summed E-state index contributed by atoms with van der Waals surface area (Å²) in [5.74, 6) is 0.344. The van der Waals surface area contributed by atoms with Gasteiger partial charge < -0.3 is 15.0 Å². The molecule has 0 spiro atoms. The second-order valence-electron chi connectivity index (χ2n) is 7.67. The van der Waals surface area contributed by atoms with Crippen LogP contribution in [0.25, 0.3) is 0 Å². The number of aromatic nitrogens is 1. The third kappa shape index (κ3) is 6.08. The summed E-state index contributed by atoms with van der Waals surface area (Å²) in [5.41, 5.74) is 2.95. The Balaban J connectivity index is 1.47. The SMILES string of the molecule is COc1ccc(C(=O)N(Cc2ccccc2)Cc2nc(C(=O)NCc3ccccc3)cs2)cc1. The number of nitrogens with zero attached hydrogens (tertiary/aromatic N) is 2. The molecule has 2 amide bonds. The van der Waals surface area contributed by atoms with Crippen LogP contribution >= 0.6 is 11.3 Å². The van der Waals surface area contributed by atoms with Crippen LogP contribution in [0.5, 0.6) is 5.75 Å². The van der Waals surface area contributed by atoms with Crippen molar-refractivity contribution in [1.29, 1.82) is 0 Å². The Morgan fingerprint density at radius 3 is 2.18 bits per heavy atom. The van der Waals surface area contributed by atoms with Gasteiger partial charge in [-0.25, -0.2) is 4.98 Å². The van der Waals surface area contributed by atoms with Gasteiger partial charge in [0, 0.05) is 24.0 Å². The van der Waals surface area contributed by atoms with E-state index in [-0.39, 0.29) is 11.8 Å². The smallest absolute Gasteiger partial charge is 0.271 e. The molecular weight excluding hydrogens is 446 g/mol. The van der Waals surface area contributed by atoms with E-state index in [0.717, 1.165) is 11.1 Å². The van der Waals surface area contributed by atoms with Crippen LogP contribution < -0.4 is 10.1 Å². The monoisotopic (exact) mass is 471 g/mol. The Morgan fingerprint density at radius 2 is 1.53 bits per heavy atom. The average molecular weight is 472 g/mol. The highest BCUT2D eigenvalue weighted by Gasteiger charge is 2.19. The molecule has 7 heteroatoms. The van der Waals surface area contributed by atoms with Gasteiger partial charge in [0.1, 0.15) is 16.5 Å². The van der Waals surface area contributed by atoms with Gasteiger partial charge in [0.05, 0.1) is 13.7 Å². The van der Waals surface area contributed by atoms with E-state index in [1.165, 1.54) is 11.3 Å². The van der Waals surface area contributed by atoms with E-state index >= 15 is 0 Å². The molecule has 4 aromatic rings. The van der Waals surface area contributed by atoms with Crippen LogP contribution in [0.1, 0.15) is 37.0 Å². The molecule has 172 valence electrons. The first-order valence-corrected chi connectivity index (χ1v) is 11.7. The van der Waals surface area contributed by atoms with Crippen molar-refractivity contribution < 1.29 is 14.3 Å². The first kappa shape index (κ1) is 23.2. The number of thiazole rings is 1. The number of hydrogen-bond acceptors (Lipinski definition) is 5. The molecule has 0 saturated carbocycles. The fraction of sp³-hybridized carbons (Fsp3) is 0.148. The molecule has 0 atom stereocenters.